The summed E-state index contributed by atoms with van der Waals surface area (Å²) >= 11 is 0. The van der Waals surface area contributed by atoms with Crippen LogP contribution in [0.2, 0.25) is 0 Å². The number of rotatable bonds is 12. The molecule has 0 saturated heterocycles. The smallest absolute Gasteiger partial charge is 0.335 e. The van der Waals surface area contributed by atoms with Crippen LogP contribution in [0.15, 0.2) is 54.6 Å². The minimum absolute atomic E-state index is 0.0154. The number of aryl methyl sites for hydroxylation is 1. The van der Waals surface area contributed by atoms with Crippen molar-refractivity contribution >= 4 is 5.97 Å². The Balaban J connectivity index is 2.08. The number of methoxy groups -OCH3 is 1. The van der Waals surface area contributed by atoms with E-state index in [0.717, 1.165) is 47.9 Å². The maximum Gasteiger partial charge on any atom is 0.335 e. The highest BCUT2D eigenvalue weighted by atomic mass is 19.1. The van der Waals surface area contributed by atoms with Crippen molar-refractivity contribution in [3.63, 3.8) is 0 Å². The maximum atomic E-state index is 14.5. The molecule has 0 bridgehead atoms. The molecule has 0 radical (unpaired) electrons. The lowest BCUT2D eigenvalue weighted by Gasteiger charge is -2.17. The first-order chi connectivity index (χ1) is 14.5. The Labute approximate surface area is 178 Å². The molecule has 0 spiro atoms. The third-order valence-electron chi connectivity index (χ3n) is 5.08. The molecule has 0 saturated carbocycles. The molecule has 2 aromatic rings. The third-order valence-corrected chi connectivity index (χ3v) is 5.08. The zero-order chi connectivity index (χ0) is 21.9. The highest BCUT2D eigenvalue weighted by Gasteiger charge is 2.16. The predicted octanol–water partition coefficient (Wildman–Crippen LogP) is 5.05. The minimum atomic E-state index is -0.621. The fourth-order valence-electron chi connectivity index (χ4n) is 3.23. The van der Waals surface area contributed by atoms with Crippen LogP contribution in [-0.4, -0.2) is 38.0 Å². The molecule has 30 heavy (non-hydrogen) atoms. The SMILES string of the molecule is C=C(CO)C(=O)OCC(COC)c1ccc(-c2ccc(CCCCC)c(F)c2)cc1. The first-order valence-electron chi connectivity index (χ1n) is 10.3. The number of benzene rings is 2. The molecule has 0 aromatic heterocycles. The number of aliphatic hydroxyl groups is 1. The van der Waals surface area contributed by atoms with Crippen LogP contribution >= 0.6 is 0 Å². The topological polar surface area (TPSA) is 55.8 Å². The van der Waals surface area contributed by atoms with Gasteiger partial charge in [-0.25, -0.2) is 9.18 Å². The second-order valence-corrected chi connectivity index (χ2v) is 7.40. The van der Waals surface area contributed by atoms with Gasteiger partial charge in [0.05, 0.1) is 18.8 Å². The second kappa shape index (κ2) is 12.3. The first-order valence-corrected chi connectivity index (χ1v) is 10.3. The molecule has 0 amide bonds. The average molecular weight is 415 g/mol. The third kappa shape index (κ3) is 6.78. The van der Waals surface area contributed by atoms with E-state index in [1.54, 1.807) is 13.2 Å². The van der Waals surface area contributed by atoms with Crippen molar-refractivity contribution < 1.29 is 23.8 Å². The lowest BCUT2D eigenvalue weighted by molar-refractivity contribution is -0.140. The van der Waals surface area contributed by atoms with Crippen LogP contribution in [-0.2, 0) is 20.7 Å². The van der Waals surface area contributed by atoms with Crippen molar-refractivity contribution in [2.45, 2.75) is 38.5 Å². The molecule has 2 aromatic carbocycles. The average Bonchev–Trinajstić information content (AvgIpc) is 2.77. The zero-order valence-electron chi connectivity index (χ0n) is 17.8. The number of esters is 1. The van der Waals surface area contributed by atoms with Gasteiger partial charge in [-0.1, -0.05) is 62.7 Å². The van der Waals surface area contributed by atoms with E-state index >= 15 is 0 Å². The number of hydrogen-bond acceptors (Lipinski definition) is 4. The van der Waals surface area contributed by atoms with Gasteiger partial charge in [0.25, 0.3) is 0 Å². The van der Waals surface area contributed by atoms with Crippen molar-refractivity contribution in [1.82, 2.24) is 0 Å². The molecule has 1 atom stereocenters. The first kappa shape index (κ1) is 23.8. The standard InChI is InChI=1S/C25H31FO4/c1-4-5-6-7-21-12-13-22(14-24(21)26)19-8-10-20(11-9-19)23(16-29-3)17-30-25(28)18(2)15-27/h8-14,23,27H,2,4-7,15-17H2,1,3H3. The molecule has 0 fully saturated rings. The van der Waals surface area contributed by atoms with Crippen LogP contribution in [0.4, 0.5) is 4.39 Å². The molecular formula is C25H31FO4. The van der Waals surface area contributed by atoms with Gasteiger partial charge in [0.1, 0.15) is 12.4 Å². The molecular weight excluding hydrogens is 383 g/mol. The predicted molar refractivity (Wildman–Crippen MR) is 117 cm³/mol. The van der Waals surface area contributed by atoms with Gasteiger partial charge in [-0.05, 0) is 41.2 Å². The summed E-state index contributed by atoms with van der Waals surface area (Å²) < 4.78 is 24.9. The molecule has 4 nitrogen and oxygen atoms in total. The van der Waals surface area contributed by atoms with E-state index in [0.29, 0.717) is 6.61 Å². The zero-order valence-corrected chi connectivity index (χ0v) is 17.8. The normalized spacial score (nSPS) is 11.9. The van der Waals surface area contributed by atoms with Crippen LogP contribution in [0, 0.1) is 5.82 Å². The van der Waals surface area contributed by atoms with Gasteiger partial charge in [-0.15, -0.1) is 0 Å². The summed E-state index contributed by atoms with van der Waals surface area (Å²) in [5.41, 5.74) is 3.46. The summed E-state index contributed by atoms with van der Waals surface area (Å²) in [5.74, 6) is -0.942. The highest BCUT2D eigenvalue weighted by Crippen LogP contribution is 2.26. The number of ether oxygens (including phenoxy) is 2. The Hall–Kier alpha value is -2.50. The molecule has 1 N–H and O–H groups in total. The largest absolute Gasteiger partial charge is 0.462 e. The van der Waals surface area contributed by atoms with E-state index in [4.69, 9.17) is 14.6 Å². The molecule has 0 heterocycles. The highest BCUT2D eigenvalue weighted by molar-refractivity contribution is 5.87. The van der Waals surface area contributed by atoms with Crippen LogP contribution in [0.1, 0.15) is 43.2 Å². The van der Waals surface area contributed by atoms with Crippen LogP contribution in [0.25, 0.3) is 11.1 Å². The van der Waals surface area contributed by atoms with Crippen molar-refractivity contribution in [1.29, 1.82) is 0 Å². The molecule has 2 rings (SSSR count). The Bertz CT molecular complexity index is 830. The molecule has 0 aliphatic heterocycles. The molecule has 0 aliphatic rings. The number of aliphatic hydroxyl groups excluding tert-OH is 1. The van der Waals surface area contributed by atoms with Gasteiger partial charge < -0.3 is 14.6 Å². The van der Waals surface area contributed by atoms with Crippen LogP contribution in [0.3, 0.4) is 0 Å². The van der Waals surface area contributed by atoms with Crippen molar-refractivity contribution in [3.05, 3.63) is 71.6 Å². The minimum Gasteiger partial charge on any atom is -0.462 e. The summed E-state index contributed by atoms with van der Waals surface area (Å²) in [7, 11) is 1.58. The number of unbranched alkanes of at least 4 members (excludes halogenated alkanes) is 2. The molecule has 0 aliphatic carbocycles. The number of hydrogen-bond donors (Lipinski definition) is 1. The van der Waals surface area contributed by atoms with Crippen molar-refractivity contribution in [3.8, 4) is 11.1 Å². The van der Waals surface area contributed by atoms with Gasteiger partial charge in [-0.2, -0.15) is 0 Å². The molecule has 5 heteroatoms. The quantitative estimate of drug-likeness (QED) is 0.300. The Morgan fingerprint density at radius 3 is 2.40 bits per heavy atom. The van der Waals surface area contributed by atoms with Gasteiger partial charge in [0, 0.05) is 13.0 Å². The van der Waals surface area contributed by atoms with Crippen molar-refractivity contribution in [2.24, 2.45) is 0 Å². The van der Waals surface area contributed by atoms with E-state index in [1.807, 2.05) is 36.4 Å². The summed E-state index contributed by atoms with van der Waals surface area (Å²) in [4.78, 5) is 11.7. The van der Waals surface area contributed by atoms with E-state index in [9.17, 15) is 9.18 Å². The van der Waals surface area contributed by atoms with E-state index in [2.05, 4.69) is 13.5 Å². The fourth-order valence-corrected chi connectivity index (χ4v) is 3.23. The maximum absolute atomic E-state index is 14.5. The fraction of sp³-hybridized carbons (Fsp3) is 0.400. The van der Waals surface area contributed by atoms with E-state index in [-0.39, 0.29) is 23.9 Å². The summed E-state index contributed by atoms with van der Waals surface area (Å²) in [5, 5.41) is 8.97. The van der Waals surface area contributed by atoms with Crippen molar-refractivity contribution in [2.75, 3.05) is 26.9 Å². The lowest BCUT2D eigenvalue weighted by atomic mass is 9.96. The van der Waals surface area contributed by atoms with E-state index < -0.39 is 12.6 Å². The Kier molecular flexibility index (Phi) is 9.71. The Morgan fingerprint density at radius 2 is 1.80 bits per heavy atom. The Morgan fingerprint density at radius 1 is 1.10 bits per heavy atom. The summed E-state index contributed by atoms with van der Waals surface area (Å²) in [6, 6.07) is 13.1. The number of halogens is 1. The van der Waals surface area contributed by atoms with Gasteiger partial charge in [0.2, 0.25) is 0 Å². The van der Waals surface area contributed by atoms with Gasteiger partial charge in [-0.3, -0.25) is 0 Å². The lowest BCUT2D eigenvalue weighted by Crippen LogP contribution is -2.18. The second-order valence-electron chi connectivity index (χ2n) is 7.40. The summed E-state index contributed by atoms with van der Waals surface area (Å²) in [6.45, 7) is 5.65. The molecule has 1 unspecified atom stereocenters. The van der Waals surface area contributed by atoms with E-state index in [1.165, 1.54) is 0 Å². The van der Waals surface area contributed by atoms with Gasteiger partial charge in [0.15, 0.2) is 0 Å². The van der Waals surface area contributed by atoms with Crippen LogP contribution in [0.5, 0.6) is 0 Å². The van der Waals surface area contributed by atoms with Crippen LogP contribution < -0.4 is 0 Å². The molecule has 162 valence electrons. The number of carbonyl (C=O) groups excluding carboxylic acids is 1. The number of carbonyl (C=O) groups is 1. The monoisotopic (exact) mass is 414 g/mol. The van der Waals surface area contributed by atoms with Gasteiger partial charge >= 0.3 is 5.97 Å². The summed E-state index contributed by atoms with van der Waals surface area (Å²) in [6.07, 6.45) is 3.98.